The minimum Gasteiger partial charge on any atom is -0.399 e. The lowest BCUT2D eigenvalue weighted by molar-refractivity contribution is -0.125. The Bertz CT molecular complexity index is 295. The van der Waals surface area contributed by atoms with Crippen LogP contribution in [-0.2, 0) is 16.1 Å². The Balaban J connectivity index is 2.31. The standard InChI is InChI=1S/C10H14N2O2/c1-12-10(13)7-14-6-8-2-4-9(11)5-3-8/h2-5H,6-7,11H2,1H3,(H,12,13). The quantitative estimate of drug-likeness (QED) is 0.687. The van der Waals surface area contributed by atoms with E-state index in [0.29, 0.717) is 6.61 Å². The molecule has 0 aliphatic heterocycles. The van der Waals surface area contributed by atoms with Gasteiger partial charge >= 0.3 is 0 Å². The molecule has 14 heavy (non-hydrogen) atoms. The Morgan fingerprint density at radius 1 is 1.43 bits per heavy atom. The Kier molecular flexibility index (Phi) is 3.94. The highest BCUT2D eigenvalue weighted by Crippen LogP contribution is 2.06. The molecule has 76 valence electrons. The maximum atomic E-state index is 10.8. The maximum Gasteiger partial charge on any atom is 0.245 e. The second-order valence-electron chi connectivity index (χ2n) is 2.91. The monoisotopic (exact) mass is 194 g/mol. The fraction of sp³-hybridized carbons (Fsp3) is 0.300. The van der Waals surface area contributed by atoms with Crippen molar-refractivity contribution in [2.75, 3.05) is 19.4 Å². The highest BCUT2D eigenvalue weighted by atomic mass is 16.5. The van der Waals surface area contributed by atoms with Crippen molar-refractivity contribution < 1.29 is 9.53 Å². The number of nitrogens with one attached hydrogen (secondary N) is 1. The summed E-state index contributed by atoms with van der Waals surface area (Å²) in [5, 5.41) is 2.48. The van der Waals surface area contributed by atoms with Crippen LogP contribution in [-0.4, -0.2) is 19.6 Å². The van der Waals surface area contributed by atoms with E-state index in [2.05, 4.69) is 5.32 Å². The van der Waals surface area contributed by atoms with Crippen LogP contribution in [0.25, 0.3) is 0 Å². The van der Waals surface area contributed by atoms with Crippen LogP contribution in [0.4, 0.5) is 5.69 Å². The molecule has 0 fully saturated rings. The molecule has 0 unspecified atom stereocenters. The van der Waals surface area contributed by atoms with Crippen molar-refractivity contribution in [1.29, 1.82) is 0 Å². The third kappa shape index (κ3) is 3.45. The summed E-state index contributed by atoms with van der Waals surface area (Å²) in [6.07, 6.45) is 0. The van der Waals surface area contributed by atoms with Gasteiger partial charge in [0, 0.05) is 12.7 Å². The molecule has 4 nitrogen and oxygen atoms in total. The number of hydrogen-bond acceptors (Lipinski definition) is 3. The fourth-order valence-electron chi connectivity index (χ4n) is 0.948. The van der Waals surface area contributed by atoms with Crippen LogP contribution in [0.15, 0.2) is 24.3 Å². The predicted molar refractivity (Wildman–Crippen MR) is 54.6 cm³/mol. The smallest absolute Gasteiger partial charge is 0.245 e. The highest BCUT2D eigenvalue weighted by molar-refractivity contribution is 5.76. The van der Waals surface area contributed by atoms with E-state index in [-0.39, 0.29) is 12.5 Å². The van der Waals surface area contributed by atoms with Gasteiger partial charge in [-0.2, -0.15) is 0 Å². The maximum absolute atomic E-state index is 10.8. The molecule has 0 aromatic heterocycles. The molecule has 0 spiro atoms. The van der Waals surface area contributed by atoms with Crippen molar-refractivity contribution >= 4 is 11.6 Å². The third-order valence-electron chi connectivity index (χ3n) is 1.76. The molecule has 1 aromatic rings. The van der Waals surface area contributed by atoms with E-state index in [1.165, 1.54) is 0 Å². The summed E-state index contributed by atoms with van der Waals surface area (Å²) < 4.78 is 5.16. The van der Waals surface area contributed by atoms with Crippen LogP contribution < -0.4 is 11.1 Å². The molecule has 0 aliphatic rings. The van der Waals surface area contributed by atoms with Crippen molar-refractivity contribution in [3.05, 3.63) is 29.8 Å². The van der Waals surface area contributed by atoms with Gasteiger partial charge in [-0.05, 0) is 17.7 Å². The molecule has 3 N–H and O–H groups in total. The van der Waals surface area contributed by atoms with Gasteiger partial charge in [-0.3, -0.25) is 4.79 Å². The van der Waals surface area contributed by atoms with Crippen LogP contribution in [0.1, 0.15) is 5.56 Å². The zero-order chi connectivity index (χ0) is 10.4. The molecular weight excluding hydrogens is 180 g/mol. The van der Waals surface area contributed by atoms with E-state index >= 15 is 0 Å². The second kappa shape index (κ2) is 5.24. The van der Waals surface area contributed by atoms with Gasteiger partial charge in [-0.25, -0.2) is 0 Å². The van der Waals surface area contributed by atoms with Gasteiger partial charge in [0.25, 0.3) is 0 Å². The number of hydrogen-bond donors (Lipinski definition) is 2. The number of likely N-dealkylation sites (N-methyl/N-ethyl adjacent to an activating group) is 1. The average Bonchev–Trinajstić information content (AvgIpc) is 2.21. The highest BCUT2D eigenvalue weighted by Gasteiger charge is 1.97. The van der Waals surface area contributed by atoms with E-state index < -0.39 is 0 Å². The van der Waals surface area contributed by atoms with E-state index in [1.54, 1.807) is 19.2 Å². The Morgan fingerprint density at radius 2 is 2.07 bits per heavy atom. The van der Waals surface area contributed by atoms with Gasteiger partial charge in [0.2, 0.25) is 5.91 Å². The minimum absolute atomic E-state index is 0.0842. The molecular formula is C10H14N2O2. The largest absolute Gasteiger partial charge is 0.399 e. The topological polar surface area (TPSA) is 64.3 Å². The predicted octanol–water partition coefficient (Wildman–Crippen LogP) is 0.531. The van der Waals surface area contributed by atoms with Gasteiger partial charge in [-0.1, -0.05) is 12.1 Å². The average molecular weight is 194 g/mol. The molecule has 0 atom stereocenters. The number of benzene rings is 1. The number of nitrogen functional groups attached to an aromatic ring is 1. The molecule has 1 aromatic carbocycles. The van der Waals surface area contributed by atoms with E-state index in [4.69, 9.17) is 10.5 Å². The van der Waals surface area contributed by atoms with Crippen molar-refractivity contribution in [1.82, 2.24) is 5.32 Å². The van der Waals surface area contributed by atoms with Crippen LogP contribution in [0.3, 0.4) is 0 Å². The summed E-state index contributed by atoms with van der Waals surface area (Å²) >= 11 is 0. The summed E-state index contributed by atoms with van der Waals surface area (Å²) in [4.78, 5) is 10.8. The lowest BCUT2D eigenvalue weighted by Gasteiger charge is -2.03. The summed E-state index contributed by atoms with van der Waals surface area (Å²) in [5.74, 6) is -0.125. The molecule has 4 heteroatoms. The van der Waals surface area contributed by atoms with Crippen LogP contribution >= 0.6 is 0 Å². The molecule has 1 rings (SSSR count). The number of ether oxygens (including phenoxy) is 1. The normalized spacial score (nSPS) is 9.79. The van der Waals surface area contributed by atoms with Crippen molar-refractivity contribution in [2.45, 2.75) is 6.61 Å². The third-order valence-corrected chi connectivity index (χ3v) is 1.76. The number of amides is 1. The van der Waals surface area contributed by atoms with Gasteiger partial charge in [0.1, 0.15) is 6.61 Å². The van der Waals surface area contributed by atoms with Crippen molar-refractivity contribution in [3.8, 4) is 0 Å². The van der Waals surface area contributed by atoms with Crippen LogP contribution in [0.5, 0.6) is 0 Å². The molecule has 0 heterocycles. The van der Waals surface area contributed by atoms with Gasteiger partial charge in [0.15, 0.2) is 0 Å². The lowest BCUT2D eigenvalue weighted by Crippen LogP contribution is -2.23. The van der Waals surface area contributed by atoms with Crippen LogP contribution in [0.2, 0.25) is 0 Å². The first-order valence-corrected chi connectivity index (χ1v) is 4.35. The lowest BCUT2D eigenvalue weighted by atomic mass is 10.2. The summed E-state index contributed by atoms with van der Waals surface area (Å²) in [6, 6.07) is 7.36. The number of carbonyl (C=O) groups is 1. The van der Waals surface area contributed by atoms with E-state index in [0.717, 1.165) is 11.3 Å². The van der Waals surface area contributed by atoms with Crippen molar-refractivity contribution in [3.63, 3.8) is 0 Å². The number of anilines is 1. The summed E-state index contributed by atoms with van der Waals surface area (Å²) in [6.45, 7) is 0.509. The van der Waals surface area contributed by atoms with Crippen molar-refractivity contribution in [2.24, 2.45) is 0 Å². The Morgan fingerprint density at radius 3 is 2.64 bits per heavy atom. The molecule has 0 saturated heterocycles. The second-order valence-corrected chi connectivity index (χ2v) is 2.91. The zero-order valence-corrected chi connectivity index (χ0v) is 8.12. The molecule has 0 aliphatic carbocycles. The van der Waals surface area contributed by atoms with Gasteiger partial charge in [-0.15, -0.1) is 0 Å². The molecule has 1 amide bonds. The first-order valence-electron chi connectivity index (χ1n) is 4.35. The van der Waals surface area contributed by atoms with Crippen LogP contribution in [0, 0.1) is 0 Å². The molecule has 0 saturated carbocycles. The van der Waals surface area contributed by atoms with Gasteiger partial charge in [0.05, 0.1) is 6.61 Å². The first-order chi connectivity index (χ1) is 6.72. The van der Waals surface area contributed by atoms with Gasteiger partial charge < -0.3 is 15.8 Å². The molecule has 0 bridgehead atoms. The minimum atomic E-state index is -0.125. The fourth-order valence-corrected chi connectivity index (χ4v) is 0.948. The number of rotatable bonds is 4. The summed E-state index contributed by atoms with van der Waals surface area (Å²) in [5.41, 5.74) is 7.25. The number of carbonyl (C=O) groups excluding carboxylic acids is 1. The molecule has 0 radical (unpaired) electrons. The van der Waals surface area contributed by atoms with E-state index in [1.807, 2.05) is 12.1 Å². The van der Waals surface area contributed by atoms with E-state index in [9.17, 15) is 4.79 Å². The Labute approximate surface area is 83.1 Å². The first kappa shape index (κ1) is 10.5. The Hall–Kier alpha value is -1.55. The SMILES string of the molecule is CNC(=O)COCc1ccc(N)cc1. The zero-order valence-electron chi connectivity index (χ0n) is 8.12. The summed E-state index contributed by atoms with van der Waals surface area (Å²) in [7, 11) is 1.58. The number of nitrogens with two attached hydrogens (primary N) is 1.